The van der Waals surface area contributed by atoms with Crippen molar-refractivity contribution >= 4 is 11.3 Å². The molecule has 0 saturated heterocycles. The van der Waals surface area contributed by atoms with Crippen LogP contribution in [0.25, 0.3) is 5.57 Å². The molecule has 2 rings (SSSR count). The van der Waals surface area contributed by atoms with E-state index in [9.17, 15) is 0 Å². The second kappa shape index (κ2) is 2.74. The van der Waals surface area contributed by atoms with E-state index in [4.69, 9.17) is 0 Å². The van der Waals surface area contributed by atoms with Gasteiger partial charge < -0.3 is 4.90 Å². The molecule has 0 spiro atoms. The summed E-state index contributed by atoms with van der Waals surface area (Å²) in [4.78, 5) is 2.22. The second-order valence-electron chi connectivity index (χ2n) is 3.91. The predicted octanol–water partition coefficient (Wildman–Crippen LogP) is 3.09. The van der Waals surface area contributed by atoms with Crippen molar-refractivity contribution in [3.63, 3.8) is 0 Å². The largest absolute Gasteiger partial charge is 0.361 e. The molecule has 1 atom stereocenters. The average Bonchev–Trinajstić information content (AvgIpc) is 2.43. The summed E-state index contributed by atoms with van der Waals surface area (Å²) in [6.45, 7) is 10.2. The Kier molecular flexibility index (Phi) is 1.78. The topological polar surface area (TPSA) is 3.24 Å². The molecule has 1 heteroatoms. The molecule has 0 bridgehead atoms. The van der Waals surface area contributed by atoms with Crippen LogP contribution in [0.4, 0.5) is 5.69 Å². The van der Waals surface area contributed by atoms with Crippen LogP contribution in [0.2, 0.25) is 0 Å². The molecule has 1 nitrogen and oxygen atoms in total. The van der Waals surface area contributed by atoms with Gasteiger partial charge >= 0.3 is 0 Å². The number of nitrogens with zero attached hydrogens (tertiary/aromatic N) is 1. The summed E-state index contributed by atoms with van der Waals surface area (Å²) < 4.78 is 0. The molecule has 1 aromatic carbocycles. The van der Waals surface area contributed by atoms with E-state index < -0.39 is 0 Å². The number of para-hydroxylation sites is 1. The predicted molar refractivity (Wildman–Crippen MR) is 62.5 cm³/mol. The monoisotopic (exact) mass is 185 g/mol. The first-order valence-corrected chi connectivity index (χ1v) is 4.77. The van der Waals surface area contributed by atoms with Crippen molar-refractivity contribution in [2.75, 3.05) is 11.9 Å². The molecule has 0 amide bonds. The lowest BCUT2D eigenvalue weighted by atomic mass is 9.92. The van der Waals surface area contributed by atoms with Crippen molar-refractivity contribution in [1.29, 1.82) is 0 Å². The zero-order chi connectivity index (χ0) is 10.3. The first-order valence-electron chi connectivity index (χ1n) is 4.77. The third-order valence-corrected chi connectivity index (χ3v) is 3.30. The molecule has 14 heavy (non-hydrogen) atoms. The van der Waals surface area contributed by atoms with E-state index in [1.807, 2.05) is 12.1 Å². The maximum absolute atomic E-state index is 4.16. The van der Waals surface area contributed by atoms with Gasteiger partial charge in [-0.1, -0.05) is 30.9 Å². The number of rotatable bonds is 1. The van der Waals surface area contributed by atoms with Crippen LogP contribution in [0.15, 0.2) is 43.5 Å². The highest BCUT2D eigenvalue weighted by Gasteiger charge is 2.38. The van der Waals surface area contributed by atoms with Gasteiger partial charge in [-0.25, -0.2) is 0 Å². The third kappa shape index (κ3) is 0.897. The van der Waals surface area contributed by atoms with Crippen LogP contribution in [0.5, 0.6) is 0 Å². The first-order chi connectivity index (χ1) is 6.61. The van der Waals surface area contributed by atoms with Crippen molar-refractivity contribution in [2.45, 2.75) is 12.5 Å². The van der Waals surface area contributed by atoms with Crippen LogP contribution >= 0.6 is 0 Å². The van der Waals surface area contributed by atoms with Crippen LogP contribution in [0.3, 0.4) is 0 Å². The van der Waals surface area contributed by atoms with E-state index in [1.54, 1.807) is 0 Å². The Morgan fingerprint density at radius 3 is 2.57 bits per heavy atom. The lowest BCUT2D eigenvalue weighted by Crippen LogP contribution is -2.38. The molecule has 1 aromatic rings. The summed E-state index contributed by atoms with van der Waals surface area (Å²) in [5, 5.41) is 0. The summed E-state index contributed by atoms with van der Waals surface area (Å²) in [5.74, 6) is 0. The number of benzene rings is 1. The van der Waals surface area contributed by atoms with Gasteiger partial charge in [0.2, 0.25) is 0 Å². The minimum Gasteiger partial charge on any atom is -0.361 e. The zero-order valence-electron chi connectivity index (χ0n) is 8.75. The van der Waals surface area contributed by atoms with Gasteiger partial charge in [0.05, 0.1) is 5.54 Å². The van der Waals surface area contributed by atoms with Gasteiger partial charge in [0, 0.05) is 18.3 Å². The molecule has 0 radical (unpaired) electrons. The molecule has 0 fully saturated rings. The van der Waals surface area contributed by atoms with Crippen molar-refractivity contribution in [3.05, 3.63) is 49.1 Å². The fourth-order valence-corrected chi connectivity index (χ4v) is 2.01. The highest BCUT2D eigenvalue weighted by molar-refractivity contribution is 5.90. The summed E-state index contributed by atoms with van der Waals surface area (Å²) in [6, 6.07) is 8.34. The molecule has 0 N–H and O–H groups in total. The van der Waals surface area contributed by atoms with Crippen LogP contribution < -0.4 is 4.90 Å². The smallest absolute Gasteiger partial charge is 0.0804 e. The molecular weight excluding hydrogens is 170 g/mol. The Labute approximate surface area is 85.4 Å². The van der Waals surface area contributed by atoms with Crippen molar-refractivity contribution < 1.29 is 0 Å². The van der Waals surface area contributed by atoms with Crippen molar-refractivity contribution in [1.82, 2.24) is 0 Å². The molecular formula is C13H15N. The van der Waals surface area contributed by atoms with Gasteiger partial charge in [-0.05, 0) is 18.6 Å². The van der Waals surface area contributed by atoms with Crippen molar-refractivity contribution in [2.24, 2.45) is 0 Å². The Balaban J connectivity index is 2.65. The van der Waals surface area contributed by atoms with Gasteiger partial charge in [0.15, 0.2) is 0 Å². The highest BCUT2D eigenvalue weighted by Crippen LogP contribution is 2.45. The fourth-order valence-electron chi connectivity index (χ4n) is 2.01. The Hall–Kier alpha value is -1.50. The van der Waals surface area contributed by atoms with E-state index in [-0.39, 0.29) is 5.54 Å². The summed E-state index contributed by atoms with van der Waals surface area (Å²) in [7, 11) is 2.08. The molecule has 0 aromatic heterocycles. The van der Waals surface area contributed by atoms with Gasteiger partial charge in [0.1, 0.15) is 0 Å². The molecule has 0 saturated carbocycles. The first kappa shape index (κ1) is 9.07. The number of hydrogen-bond acceptors (Lipinski definition) is 1. The quantitative estimate of drug-likeness (QED) is 0.608. The molecule has 1 aliphatic heterocycles. The SMILES string of the molecule is C=CC1(C)C(=C)c2ccccc2N1C. The van der Waals surface area contributed by atoms with Crippen LogP contribution in [0.1, 0.15) is 12.5 Å². The standard InChI is InChI=1S/C13H15N/c1-5-13(3)10(2)11-8-6-7-9-12(11)14(13)4/h5-9H,1-2H2,3-4H3. The molecule has 1 unspecified atom stereocenters. The molecule has 0 aliphatic carbocycles. The van der Waals surface area contributed by atoms with Gasteiger partial charge in [-0.15, -0.1) is 6.58 Å². The number of likely N-dealkylation sites (N-methyl/N-ethyl adjacent to an activating group) is 1. The third-order valence-electron chi connectivity index (χ3n) is 3.30. The van der Waals surface area contributed by atoms with Crippen molar-refractivity contribution in [3.8, 4) is 0 Å². The van der Waals surface area contributed by atoms with E-state index in [0.29, 0.717) is 0 Å². The zero-order valence-corrected chi connectivity index (χ0v) is 8.75. The average molecular weight is 185 g/mol. The summed E-state index contributed by atoms with van der Waals surface area (Å²) in [5.41, 5.74) is 3.46. The lowest BCUT2D eigenvalue weighted by molar-refractivity contribution is 0.717. The van der Waals surface area contributed by atoms with E-state index in [0.717, 1.165) is 5.57 Å². The minimum absolute atomic E-state index is 0.135. The molecule has 1 aliphatic rings. The normalized spacial score (nSPS) is 25.0. The molecule has 72 valence electrons. The van der Waals surface area contributed by atoms with Crippen LogP contribution in [0, 0.1) is 0 Å². The Morgan fingerprint density at radius 2 is 2.00 bits per heavy atom. The number of fused-ring (bicyclic) bond motifs is 1. The fraction of sp³-hybridized carbons (Fsp3) is 0.231. The molecule has 1 heterocycles. The van der Waals surface area contributed by atoms with E-state index >= 15 is 0 Å². The van der Waals surface area contributed by atoms with Gasteiger partial charge in [-0.2, -0.15) is 0 Å². The van der Waals surface area contributed by atoms with Crippen LogP contribution in [-0.2, 0) is 0 Å². The summed E-state index contributed by atoms with van der Waals surface area (Å²) in [6.07, 6.45) is 1.95. The Bertz CT molecular complexity index is 405. The Morgan fingerprint density at radius 1 is 1.36 bits per heavy atom. The highest BCUT2D eigenvalue weighted by atomic mass is 15.2. The van der Waals surface area contributed by atoms with E-state index in [2.05, 4.69) is 50.2 Å². The van der Waals surface area contributed by atoms with Gasteiger partial charge in [0.25, 0.3) is 0 Å². The lowest BCUT2D eigenvalue weighted by Gasteiger charge is -2.31. The second-order valence-corrected chi connectivity index (χ2v) is 3.91. The maximum atomic E-state index is 4.16. The maximum Gasteiger partial charge on any atom is 0.0804 e. The van der Waals surface area contributed by atoms with Gasteiger partial charge in [-0.3, -0.25) is 0 Å². The minimum atomic E-state index is -0.135. The number of hydrogen-bond donors (Lipinski definition) is 0. The number of anilines is 1. The van der Waals surface area contributed by atoms with E-state index in [1.165, 1.54) is 11.3 Å². The summed E-state index contributed by atoms with van der Waals surface area (Å²) >= 11 is 0. The van der Waals surface area contributed by atoms with Crippen LogP contribution in [-0.4, -0.2) is 12.6 Å².